The molecular formula is C22H31N5O2S. The zero-order chi connectivity index (χ0) is 21.3. The number of likely N-dealkylation sites (tertiary alicyclic amines) is 2. The molecule has 7 nitrogen and oxygen atoms in total. The van der Waals surface area contributed by atoms with Gasteiger partial charge >= 0.3 is 0 Å². The lowest BCUT2D eigenvalue weighted by Crippen LogP contribution is -2.40. The first kappa shape index (κ1) is 21.2. The third-order valence-corrected chi connectivity index (χ3v) is 7.46. The minimum Gasteiger partial charge on any atom is -0.342 e. The van der Waals surface area contributed by atoms with Gasteiger partial charge in [0.25, 0.3) is 5.56 Å². The summed E-state index contributed by atoms with van der Waals surface area (Å²) in [6.07, 6.45) is 4.35. The summed E-state index contributed by atoms with van der Waals surface area (Å²) in [5, 5.41) is 1.00. The molecule has 1 atom stereocenters. The highest BCUT2D eigenvalue weighted by Crippen LogP contribution is 2.29. The van der Waals surface area contributed by atoms with Gasteiger partial charge in [0.15, 0.2) is 0 Å². The van der Waals surface area contributed by atoms with Crippen molar-refractivity contribution in [1.29, 1.82) is 0 Å². The van der Waals surface area contributed by atoms with E-state index in [4.69, 9.17) is 4.98 Å². The Morgan fingerprint density at radius 1 is 1.17 bits per heavy atom. The largest absolute Gasteiger partial charge is 0.342 e. The molecule has 0 aromatic carbocycles. The number of thiazole rings is 1. The maximum Gasteiger partial charge on any atom is 0.251 e. The van der Waals surface area contributed by atoms with Crippen molar-refractivity contribution in [2.24, 2.45) is 0 Å². The maximum absolute atomic E-state index is 12.9. The number of aryl methyl sites for hydroxylation is 2. The minimum absolute atomic E-state index is 0.0758. The highest BCUT2D eigenvalue weighted by Gasteiger charge is 2.28. The molecule has 2 aliphatic heterocycles. The summed E-state index contributed by atoms with van der Waals surface area (Å²) in [7, 11) is 2.13. The summed E-state index contributed by atoms with van der Waals surface area (Å²) < 4.78 is 0. The van der Waals surface area contributed by atoms with Crippen molar-refractivity contribution in [3.63, 3.8) is 0 Å². The zero-order valence-electron chi connectivity index (χ0n) is 18.1. The van der Waals surface area contributed by atoms with Crippen molar-refractivity contribution in [1.82, 2.24) is 24.8 Å². The number of aromatic amines is 1. The van der Waals surface area contributed by atoms with E-state index in [-0.39, 0.29) is 17.4 Å². The Morgan fingerprint density at radius 2 is 1.93 bits per heavy atom. The number of hydrogen-bond acceptors (Lipinski definition) is 6. The normalized spacial score (nSPS) is 21.2. The number of aromatic nitrogens is 3. The van der Waals surface area contributed by atoms with Crippen LogP contribution < -0.4 is 5.56 Å². The summed E-state index contributed by atoms with van der Waals surface area (Å²) in [5.41, 5.74) is 1.72. The van der Waals surface area contributed by atoms with E-state index in [1.165, 1.54) is 0 Å². The first-order valence-corrected chi connectivity index (χ1v) is 11.7. The van der Waals surface area contributed by atoms with Crippen molar-refractivity contribution < 1.29 is 4.79 Å². The molecule has 0 bridgehead atoms. The summed E-state index contributed by atoms with van der Waals surface area (Å²) in [6.45, 7) is 7.41. The van der Waals surface area contributed by atoms with Gasteiger partial charge in [0, 0.05) is 35.9 Å². The van der Waals surface area contributed by atoms with Crippen LogP contribution in [0.25, 0.3) is 0 Å². The SMILES string of the molecule is Cc1nc(C)c(CC(=O)N2CCC[C@H](c3cc(=O)[nH]c(C4CCN(C)CC4)n3)C2)s1. The minimum atomic E-state index is -0.0758. The fraction of sp³-hybridized carbons (Fsp3) is 0.636. The van der Waals surface area contributed by atoms with Crippen LogP contribution in [0.15, 0.2) is 10.9 Å². The molecule has 0 radical (unpaired) electrons. The number of hydrogen-bond donors (Lipinski definition) is 1. The van der Waals surface area contributed by atoms with Gasteiger partial charge in [0.05, 0.1) is 22.8 Å². The summed E-state index contributed by atoms with van der Waals surface area (Å²) in [5.74, 6) is 1.41. The standard InChI is InChI=1S/C22H31N5O2S/c1-14-19(30-15(2)23-14)12-21(29)27-8-4-5-17(13-27)18-11-20(28)25-22(24-18)16-6-9-26(3)10-7-16/h11,16-17H,4-10,12-13H2,1-3H3,(H,24,25,28)/t17-/m0/s1. The number of nitrogens with zero attached hydrogens (tertiary/aromatic N) is 4. The van der Waals surface area contributed by atoms with E-state index in [0.29, 0.717) is 18.9 Å². The lowest BCUT2D eigenvalue weighted by molar-refractivity contribution is -0.131. The highest BCUT2D eigenvalue weighted by atomic mass is 32.1. The Hall–Kier alpha value is -2.06. The van der Waals surface area contributed by atoms with Crippen LogP contribution in [0.2, 0.25) is 0 Å². The van der Waals surface area contributed by atoms with Crippen LogP contribution in [0.5, 0.6) is 0 Å². The van der Waals surface area contributed by atoms with Gasteiger partial charge in [0.1, 0.15) is 5.82 Å². The molecule has 4 rings (SSSR count). The third kappa shape index (κ3) is 4.81. The van der Waals surface area contributed by atoms with Gasteiger partial charge in [-0.1, -0.05) is 0 Å². The number of carbonyl (C=O) groups is 1. The average Bonchev–Trinajstić information content (AvgIpc) is 3.04. The summed E-state index contributed by atoms with van der Waals surface area (Å²) in [4.78, 5) is 42.9. The van der Waals surface area contributed by atoms with Crippen molar-refractivity contribution in [3.05, 3.63) is 43.5 Å². The first-order valence-electron chi connectivity index (χ1n) is 10.9. The van der Waals surface area contributed by atoms with Gasteiger partial charge in [-0.05, 0) is 59.7 Å². The topological polar surface area (TPSA) is 82.2 Å². The number of rotatable bonds is 4. The Bertz CT molecular complexity index is 961. The smallest absolute Gasteiger partial charge is 0.251 e. The van der Waals surface area contributed by atoms with E-state index >= 15 is 0 Å². The van der Waals surface area contributed by atoms with Gasteiger partial charge in [-0.2, -0.15) is 0 Å². The predicted molar refractivity (Wildman–Crippen MR) is 118 cm³/mol. The van der Waals surface area contributed by atoms with E-state index < -0.39 is 0 Å². The Kier molecular flexibility index (Phi) is 6.34. The quantitative estimate of drug-likeness (QED) is 0.808. The van der Waals surface area contributed by atoms with Crippen molar-refractivity contribution in [3.8, 4) is 0 Å². The molecule has 1 amide bonds. The third-order valence-electron chi connectivity index (χ3n) is 6.39. The lowest BCUT2D eigenvalue weighted by Gasteiger charge is -2.33. The number of amides is 1. The van der Waals surface area contributed by atoms with Crippen LogP contribution in [-0.4, -0.2) is 63.9 Å². The number of piperidine rings is 2. The first-order chi connectivity index (χ1) is 14.4. The highest BCUT2D eigenvalue weighted by molar-refractivity contribution is 7.11. The Morgan fingerprint density at radius 3 is 2.63 bits per heavy atom. The molecule has 1 N–H and O–H groups in total. The molecule has 162 valence electrons. The second kappa shape index (κ2) is 8.98. The predicted octanol–water partition coefficient (Wildman–Crippen LogP) is 2.60. The van der Waals surface area contributed by atoms with Gasteiger partial charge < -0.3 is 14.8 Å². The van der Waals surface area contributed by atoms with Crippen LogP contribution >= 0.6 is 11.3 Å². The molecule has 2 saturated heterocycles. The van der Waals surface area contributed by atoms with E-state index in [0.717, 1.165) is 72.4 Å². The Balaban J connectivity index is 1.47. The maximum atomic E-state index is 12.9. The molecule has 2 aromatic rings. The molecule has 2 aromatic heterocycles. The van der Waals surface area contributed by atoms with Crippen molar-refractivity contribution >= 4 is 17.2 Å². The van der Waals surface area contributed by atoms with Gasteiger partial charge in [0.2, 0.25) is 5.91 Å². The van der Waals surface area contributed by atoms with Crippen LogP contribution in [-0.2, 0) is 11.2 Å². The monoisotopic (exact) mass is 429 g/mol. The molecule has 4 heterocycles. The second-order valence-electron chi connectivity index (χ2n) is 8.73. The van der Waals surface area contributed by atoms with Crippen LogP contribution in [0, 0.1) is 13.8 Å². The molecule has 30 heavy (non-hydrogen) atoms. The van der Waals surface area contributed by atoms with E-state index in [2.05, 4.69) is 21.9 Å². The van der Waals surface area contributed by atoms with Crippen molar-refractivity contribution in [2.45, 2.75) is 57.8 Å². The van der Waals surface area contributed by atoms with E-state index in [1.807, 2.05) is 18.7 Å². The Labute approximate surface area is 181 Å². The second-order valence-corrected chi connectivity index (χ2v) is 10.0. The summed E-state index contributed by atoms with van der Waals surface area (Å²) >= 11 is 1.60. The van der Waals surface area contributed by atoms with Gasteiger partial charge in [-0.15, -0.1) is 11.3 Å². The van der Waals surface area contributed by atoms with Crippen LogP contribution in [0.1, 0.15) is 64.6 Å². The molecule has 8 heteroatoms. The number of nitrogens with one attached hydrogen (secondary N) is 1. The molecule has 2 fully saturated rings. The molecule has 0 spiro atoms. The van der Waals surface area contributed by atoms with E-state index in [1.54, 1.807) is 17.4 Å². The average molecular weight is 430 g/mol. The van der Waals surface area contributed by atoms with Gasteiger partial charge in [-0.25, -0.2) is 9.97 Å². The molecule has 2 aliphatic rings. The van der Waals surface area contributed by atoms with Crippen molar-refractivity contribution in [2.75, 3.05) is 33.2 Å². The number of H-pyrrole nitrogens is 1. The molecule has 0 unspecified atom stereocenters. The molecular weight excluding hydrogens is 398 g/mol. The summed E-state index contributed by atoms with van der Waals surface area (Å²) in [6, 6.07) is 1.63. The fourth-order valence-corrected chi connectivity index (χ4v) is 5.54. The van der Waals surface area contributed by atoms with Crippen LogP contribution in [0.3, 0.4) is 0 Å². The van der Waals surface area contributed by atoms with E-state index in [9.17, 15) is 9.59 Å². The molecule has 0 aliphatic carbocycles. The lowest BCUT2D eigenvalue weighted by atomic mass is 9.93. The number of carbonyl (C=O) groups excluding carboxylic acids is 1. The van der Waals surface area contributed by atoms with Gasteiger partial charge in [-0.3, -0.25) is 9.59 Å². The molecule has 0 saturated carbocycles. The zero-order valence-corrected chi connectivity index (χ0v) is 18.9. The van der Waals surface area contributed by atoms with Crippen LogP contribution in [0.4, 0.5) is 0 Å². The fourth-order valence-electron chi connectivity index (χ4n) is 4.61.